The van der Waals surface area contributed by atoms with Crippen LogP contribution >= 0.6 is 11.8 Å². The number of nitrogens with zero attached hydrogens (tertiary/aromatic N) is 1. The van der Waals surface area contributed by atoms with E-state index in [9.17, 15) is 15.2 Å². The summed E-state index contributed by atoms with van der Waals surface area (Å²) in [6.07, 6.45) is 0.0106. The van der Waals surface area contributed by atoms with Crippen LogP contribution in [0.1, 0.15) is 17.5 Å². The summed E-state index contributed by atoms with van der Waals surface area (Å²) in [5, 5.41) is 20.4. The molecular formula is C17H19NO3S. The molecular weight excluding hydrogens is 298 g/mol. The third-order valence-electron chi connectivity index (χ3n) is 3.39. The van der Waals surface area contributed by atoms with Crippen LogP contribution in [0.3, 0.4) is 0 Å². The molecule has 0 aromatic heterocycles. The molecule has 5 heteroatoms. The highest BCUT2D eigenvalue weighted by Gasteiger charge is 2.30. The van der Waals surface area contributed by atoms with E-state index >= 15 is 0 Å². The van der Waals surface area contributed by atoms with Gasteiger partial charge in [0.05, 0.1) is 0 Å². The second-order valence-corrected chi connectivity index (χ2v) is 6.39. The fourth-order valence-electron chi connectivity index (χ4n) is 2.12. The van der Waals surface area contributed by atoms with Gasteiger partial charge in [0.15, 0.2) is 0 Å². The molecule has 2 rings (SSSR count). The van der Waals surface area contributed by atoms with Gasteiger partial charge < -0.3 is 5.11 Å². The minimum absolute atomic E-state index is 0.370. The zero-order valence-corrected chi connectivity index (χ0v) is 13.2. The molecule has 0 radical (unpaired) electrons. The average Bonchev–Trinajstić information content (AvgIpc) is 2.52. The number of rotatable bonds is 7. The summed E-state index contributed by atoms with van der Waals surface area (Å²) in [6, 6.07) is 17.2. The first-order valence-electron chi connectivity index (χ1n) is 7.15. The maximum absolute atomic E-state index is 11.2. The molecule has 0 aliphatic rings. The minimum atomic E-state index is -1.05. The Morgan fingerprint density at radius 2 is 1.77 bits per heavy atom. The summed E-state index contributed by atoms with van der Waals surface area (Å²) >= 11 is 1.10. The van der Waals surface area contributed by atoms with Crippen LogP contribution in [0.5, 0.6) is 0 Å². The van der Waals surface area contributed by atoms with Crippen molar-refractivity contribution in [2.24, 2.45) is 0 Å². The number of hydrogen-bond acceptors (Lipinski definition) is 4. The molecule has 0 spiro atoms. The molecule has 0 aliphatic carbocycles. The highest BCUT2D eigenvalue weighted by molar-refractivity contribution is 7.99. The molecule has 2 aromatic rings. The van der Waals surface area contributed by atoms with Crippen molar-refractivity contribution in [2.75, 3.05) is 0 Å². The van der Waals surface area contributed by atoms with E-state index in [2.05, 4.69) is 0 Å². The van der Waals surface area contributed by atoms with Crippen molar-refractivity contribution >= 4 is 11.8 Å². The third kappa shape index (κ3) is 4.86. The van der Waals surface area contributed by atoms with Gasteiger partial charge in [-0.25, -0.2) is 0 Å². The number of aliphatic hydroxyl groups excluding tert-OH is 1. The van der Waals surface area contributed by atoms with Crippen LogP contribution in [0.2, 0.25) is 0 Å². The van der Waals surface area contributed by atoms with Crippen LogP contribution in [0, 0.1) is 17.0 Å². The zero-order valence-electron chi connectivity index (χ0n) is 12.4. The lowest BCUT2D eigenvalue weighted by atomic mass is 10.1. The van der Waals surface area contributed by atoms with E-state index in [0.717, 1.165) is 27.8 Å². The lowest BCUT2D eigenvalue weighted by Gasteiger charge is -2.15. The molecule has 2 aromatic carbocycles. The molecule has 0 heterocycles. The van der Waals surface area contributed by atoms with Crippen molar-refractivity contribution in [2.45, 2.75) is 36.1 Å². The van der Waals surface area contributed by atoms with Gasteiger partial charge in [0.25, 0.3) is 5.37 Å². The molecule has 0 amide bonds. The average molecular weight is 317 g/mol. The Balaban J connectivity index is 1.97. The Bertz CT molecular complexity index is 601. The number of benzene rings is 2. The van der Waals surface area contributed by atoms with Gasteiger partial charge in [-0.3, -0.25) is 10.1 Å². The predicted octanol–water partition coefficient (Wildman–Crippen LogP) is 3.68. The van der Waals surface area contributed by atoms with E-state index in [1.807, 2.05) is 61.5 Å². The van der Waals surface area contributed by atoms with Crippen molar-refractivity contribution in [3.8, 4) is 0 Å². The van der Waals surface area contributed by atoms with Crippen molar-refractivity contribution in [1.82, 2.24) is 0 Å². The molecule has 1 N–H and O–H groups in total. The van der Waals surface area contributed by atoms with Gasteiger partial charge in [-0.1, -0.05) is 48.0 Å². The van der Waals surface area contributed by atoms with Crippen molar-refractivity contribution in [3.63, 3.8) is 0 Å². The first-order chi connectivity index (χ1) is 10.6. The number of nitro groups is 1. The fourth-order valence-corrected chi connectivity index (χ4v) is 3.07. The van der Waals surface area contributed by atoms with Gasteiger partial charge in [0.1, 0.15) is 6.10 Å². The minimum Gasteiger partial charge on any atom is -0.385 e. The first kappa shape index (κ1) is 16.5. The molecule has 0 aliphatic heterocycles. The van der Waals surface area contributed by atoms with Gasteiger partial charge in [0.2, 0.25) is 0 Å². The Labute approximate surface area is 134 Å². The summed E-state index contributed by atoms with van der Waals surface area (Å²) in [7, 11) is 0. The molecule has 116 valence electrons. The zero-order chi connectivity index (χ0) is 15.9. The summed E-state index contributed by atoms with van der Waals surface area (Å²) in [4.78, 5) is 11.6. The lowest BCUT2D eigenvalue weighted by molar-refractivity contribution is -0.506. The van der Waals surface area contributed by atoms with Crippen molar-refractivity contribution in [3.05, 3.63) is 75.8 Å². The molecule has 0 saturated heterocycles. The van der Waals surface area contributed by atoms with Crippen LogP contribution < -0.4 is 0 Å². The van der Waals surface area contributed by atoms with Crippen LogP contribution in [0.25, 0.3) is 0 Å². The second kappa shape index (κ2) is 7.96. The van der Waals surface area contributed by atoms with Crippen molar-refractivity contribution in [1.29, 1.82) is 0 Å². The summed E-state index contributed by atoms with van der Waals surface area (Å²) in [6.45, 7) is 1.97. The van der Waals surface area contributed by atoms with Gasteiger partial charge in [0, 0.05) is 9.82 Å². The standard InChI is InChI=1S/C17H19NO3S/c1-13-7-10-15(11-8-13)22-17(18(20)21)16(19)12-9-14-5-3-2-4-6-14/h2-8,10-11,16-17,19H,9,12H2,1H3. The molecule has 0 fully saturated rings. The number of aliphatic hydroxyl groups is 1. The Hall–Kier alpha value is -1.85. The Morgan fingerprint density at radius 1 is 1.14 bits per heavy atom. The molecule has 4 nitrogen and oxygen atoms in total. The fraction of sp³-hybridized carbons (Fsp3) is 0.294. The van der Waals surface area contributed by atoms with E-state index in [0.29, 0.717) is 12.8 Å². The normalized spacial score (nSPS) is 13.5. The first-order valence-corrected chi connectivity index (χ1v) is 8.03. The highest BCUT2D eigenvalue weighted by Crippen LogP contribution is 2.27. The summed E-state index contributed by atoms with van der Waals surface area (Å²) < 4.78 is 0. The molecule has 0 saturated carbocycles. The van der Waals surface area contributed by atoms with Crippen LogP contribution in [0.15, 0.2) is 59.5 Å². The number of hydrogen-bond donors (Lipinski definition) is 1. The Kier molecular flexibility index (Phi) is 5.98. The SMILES string of the molecule is Cc1ccc(SC(C(O)CCc2ccccc2)[N+](=O)[O-])cc1. The molecule has 0 bridgehead atoms. The largest absolute Gasteiger partial charge is 0.385 e. The van der Waals surface area contributed by atoms with Gasteiger partial charge in [-0.2, -0.15) is 0 Å². The number of aryl methyl sites for hydroxylation is 2. The summed E-state index contributed by atoms with van der Waals surface area (Å²) in [5.74, 6) is 0. The third-order valence-corrected chi connectivity index (χ3v) is 4.66. The lowest BCUT2D eigenvalue weighted by Crippen LogP contribution is -2.31. The van der Waals surface area contributed by atoms with E-state index in [4.69, 9.17) is 0 Å². The van der Waals surface area contributed by atoms with Crippen LogP contribution in [0.4, 0.5) is 0 Å². The van der Waals surface area contributed by atoms with Crippen LogP contribution in [-0.4, -0.2) is 21.5 Å². The van der Waals surface area contributed by atoms with Crippen LogP contribution in [-0.2, 0) is 6.42 Å². The van der Waals surface area contributed by atoms with Gasteiger partial charge in [-0.05, 0) is 49.2 Å². The smallest absolute Gasteiger partial charge is 0.288 e. The molecule has 2 unspecified atom stereocenters. The van der Waals surface area contributed by atoms with Crippen molar-refractivity contribution < 1.29 is 10.0 Å². The second-order valence-electron chi connectivity index (χ2n) is 5.20. The van der Waals surface area contributed by atoms with E-state index in [1.54, 1.807) is 0 Å². The molecule has 22 heavy (non-hydrogen) atoms. The Morgan fingerprint density at radius 3 is 2.36 bits per heavy atom. The predicted molar refractivity (Wildman–Crippen MR) is 88.6 cm³/mol. The van der Waals surface area contributed by atoms with Gasteiger partial charge >= 0.3 is 0 Å². The quantitative estimate of drug-likeness (QED) is 0.366. The van der Waals surface area contributed by atoms with Gasteiger partial charge in [-0.15, -0.1) is 0 Å². The number of thioether (sulfide) groups is 1. The van der Waals surface area contributed by atoms with E-state index < -0.39 is 16.4 Å². The van der Waals surface area contributed by atoms with E-state index in [-0.39, 0.29) is 0 Å². The maximum Gasteiger partial charge on any atom is 0.288 e. The summed E-state index contributed by atoms with van der Waals surface area (Å²) in [5.41, 5.74) is 2.18. The topological polar surface area (TPSA) is 63.4 Å². The van der Waals surface area contributed by atoms with E-state index in [1.165, 1.54) is 0 Å². The monoisotopic (exact) mass is 317 g/mol. The maximum atomic E-state index is 11.2. The molecule has 2 atom stereocenters. The highest BCUT2D eigenvalue weighted by atomic mass is 32.2.